The number of aliphatic hydroxyl groups is 1. The van der Waals surface area contributed by atoms with E-state index in [1.165, 1.54) is 6.20 Å². The van der Waals surface area contributed by atoms with Crippen molar-refractivity contribution in [2.75, 3.05) is 11.3 Å². The fraction of sp³-hybridized carbons (Fsp3) is 0.200. The van der Waals surface area contributed by atoms with Crippen LogP contribution in [0.2, 0.25) is 0 Å². The van der Waals surface area contributed by atoms with Crippen LogP contribution < -0.4 is 4.72 Å². The predicted molar refractivity (Wildman–Crippen MR) is 88.1 cm³/mol. The van der Waals surface area contributed by atoms with Crippen molar-refractivity contribution in [2.24, 2.45) is 0 Å². The van der Waals surface area contributed by atoms with Gasteiger partial charge in [0.15, 0.2) is 0 Å². The SMILES string of the molecule is N#Cc1c[nH]c2c(NS(=O)(=O)c3cnn([C@@H](CO)C(F)F)c3)ccc(F)c12. The van der Waals surface area contributed by atoms with Crippen LogP contribution in [-0.4, -0.2) is 41.3 Å². The van der Waals surface area contributed by atoms with Gasteiger partial charge < -0.3 is 10.1 Å². The molecular formula is C15H12F3N5O3S. The van der Waals surface area contributed by atoms with Crippen molar-refractivity contribution >= 4 is 26.6 Å². The highest BCUT2D eigenvalue weighted by atomic mass is 32.2. The van der Waals surface area contributed by atoms with Gasteiger partial charge in [-0.15, -0.1) is 0 Å². The molecule has 27 heavy (non-hydrogen) atoms. The number of sulfonamides is 1. The topological polar surface area (TPSA) is 124 Å². The lowest BCUT2D eigenvalue weighted by Gasteiger charge is -2.13. The van der Waals surface area contributed by atoms with Crippen LogP contribution in [0.4, 0.5) is 18.9 Å². The molecule has 0 radical (unpaired) electrons. The molecule has 2 heterocycles. The molecule has 142 valence electrons. The molecule has 3 rings (SSSR count). The van der Waals surface area contributed by atoms with E-state index >= 15 is 0 Å². The maximum absolute atomic E-state index is 14.0. The third-order valence-electron chi connectivity index (χ3n) is 3.86. The van der Waals surface area contributed by atoms with Crippen LogP contribution in [0.3, 0.4) is 0 Å². The number of nitrogens with one attached hydrogen (secondary N) is 2. The number of alkyl halides is 2. The summed E-state index contributed by atoms with van der Waals surface area (Å²) < 4.78 is 67.5. The van der Waals surface area contributed by atoms with Crippen molar-refractivity contribution in [3.8, 4) is 6.07 Å². The van der Waals surface area contributed by atoms with Crippen molar-refractivity contribution in [1.29, 1.82) is 5.26 Å². The number of halogens is 3. The van der Waals surface area contributed by atoms with Crippen LogP contribution in [0.15, 0.2) is 35.6 Å². The average molecular weight is 399 g/mol. The number of rotatable bonds is 6. The highest BCUT2D eigenvalue weighted by Crippen LogP contribution is 2.29. The highest BCUT2D eigenvalue weighted by Gasteiger charge is 2.25. The van der Waals surface area contributed by atoms with E-state index in [1.54, 1.807) is 6.07 Å². The summed E-state index contributed by atoms with van der Waals surface area (Å²) in [6, 6.07) is 2.26. The van der Waals surface area contributed by atoms with Crippen molar-refractivity contribution in [3.63, 3.8) is 0 Å². The first kappa shape index (κ1) is 18.7. The lowest BCUT2D eigenvalue weighted by atomic mass is 10.1. The zero-order valence-corrected chi connectivity index (χ0v) is 14.2. The van der Waals surface area contributed by atoms with Gasteiger partial charge in [0.1, 0.15) is 22.8 Å². The Hall–Kier alpha value is -3.04. The van der Waals surface area contributed by atoms with Crippen molar-refractivity contribution < 1.29 is 26.7 Å². The molecule has 0 spiro atoms. The minimum Gasteiger partial charge on any atom is -0.394 e. The van der Waals surface area contributed by atoms with Crippen molar-refractivity contribution in [3.05, 3.63) is 42.1 Å². The molecule has 8 nitrogen and oxygen atoms in total. The van der Waals surface area contributed by atoms with Gasteiger partial charge in [-0.2, -0.15) is 10.4 Å². The predicted octanol–water partition coefficient (Wildman–Crippen LogP) is 1.97. The number of nitrogens with zero attached hydrogens (tertiary/aromatic N) is 3. The largest absolute Gasteiger partial charge is 0.394 e. The molecule has 3 aromatic rings. The Morgan fingerprint density at radius 3 is 2.78 bits per heavy atom. The molecule has 0 aliphatic carbocycles. The smallest absolute Gasteiger partial charge is 0.265 e. The Bertz CT molecular complexity index is 1130. The average Bonchev–Trinajstić information content (AvgIpc) is 3.25. The van der Waals surface area contributed by atoms with Crippen LogP contribution in [0.5, 0.6) is 0 Å². The Labute approximate surface area is 150 Å². The number of hydrogen-bond donors (Lipinski definition) is 3. The van der Waals surface area contributed by atoms with Crippen LogP contribution in [0.25, 0.3) is 10.9 Å². The Balaban J connectivity index is 1.98. The first-order valence-corrected chi connectivity index (χ1v) is 8.92. The first-order valence-electron chi connectivity index (χ1n) is 7.44. The lowest BCUT2D eigenvalue weighted by Crippen LogP contribution is -2.21. The summed E-state index contributed by atoms with van der Waals surface area (Å²) in [4.78, 5) is 2.20. The summed E-state index contributed by atoms with van der Waals surface area (Å²) in [5.41, 5.74) is 0.0237. The number of benzene rings is 1. The Kier molecular flexibility index (Phi) is 4.81. The quantitative estimate of drug-likeness (QED) is 0.585. The van der Waals surface area contributed by atoms with E-state index in [9.17, 15) is 21.6 Å². The molecule has 0 aliphatic heterocycles. The molecule has 2 aromatic heterocycles. The number of fused-ring (bicyclic) bond motifs is 1. The monoisotopic (exact) mass is 399 g/mol. The summed E-state index contributed by atoms with van der Waals surface area (Å²) in [6.07, 6.45) is -0.00829. The molecule has 0 saturated carbocycles. The maximum Gasteiger partial charge on any atom is 0.265 e. The molecule has 0 bridgehead atoms. The standard InChI is InChI=1S/C15H12F3N5O3S/c16-10-1-2-11(14-13(10)8(3-19)4-20-14)22-27(25,26)9-5-21-23(6-9)12(7-24)15(17)18/h1-2,4-6,12,15,20,22,24H,7H2/t12-/m0/s1. The molecule has 0 saturated heterocycles. The van der Waals surface area contributed by atoms with E-state index in [2.05, 4.69) is 14.8 Å². The van der Waals surface area contributed by atoms with Gasteiger partial charge in [-0.3, -0.25) is 9.40 Å². The Morgan fingerprint density at radius 1 is 1.41 bits per heavy atom. The molecular weight excluding hydrogens is 387 g/mol. The van der Waals surface area contributed by atoms with E-state index in [1.807, 2.05) is 0 Å². The van der Waals surface area contributed by atoms with Gasteiger partial charge in [0.2, 0.25) is 0 Å². The number of anilines is 1. The number of hydrogen-bond acceptors (Lipinski definition) is 5. The van der Waals surface area contributed by atoms with Crippen LogP contribution >= 0.6 is 0 Å². The van der Waals surface area contributed by atoms with E-state index in [0.29, 0.717) is 4.68 Å². The van der Waals surface area contributed by atoms with Gasteiger partial charge >= 0.3 is 0 Å². The summed E-state index contributed by atoms with van der Waals surface area (Å²) in [5.74, 6) is -0.707. The second kappa shape index (κ2) is 6.93. The second-order valence-corrected chi connectivity index (χ2v) is 7.19. The number of aromatic nitrogens is 3. The number of H-pyrrole nitrogens is 1. The zero-order valence-electron chi connectivity index (χ0n) is 13.4. The molecule has 1 aromatic carbocycles. The van der Waals surface area contributed by atoms with E-state index in [-0.39, 0.29) is 22.2 Å². The van der Waals surface area contributed by atoms with E-state index < -0.39 is 39.8 Å². The van der Waals surface area contributed by atoms with Crippen LogP contribution in [0, 0.1) is 17.1 Å². The molecule has 0 fully saturated rings. The van der Waals surface area contributed by atoms with Gasteiger partial charge in [-0.1, -0.05) is 0 Å². The van der Waals surface area contributed by atoms with Gasteiger partial charge in [0.25, 0.3) is 16.4 Å². The molecule has 1 atom stereocenters. The Morgan fingerprint density at radius 2 is 2.15 bits per heavy atom. The first-order chi connectivity index (χ1) is 12.8. The molecule has 12 heteroatoms. The summed E-state index contributed by atoms with van der Waals surface area (Å²) in [5, 5.41) is 21.5. The fourth-order valence-electron chi connectivity index (χ4n) is 2.50. The van der Waals surface area contributed by atoms with E-state index in [0.717, 1.165) is 24.5 Å². The summed E-state index contributed by atoms with van der Waals surface area (Å²) >= 11 is 0. The summed E-state index contributed by atoms with van der Waals surface area (Å²) in [6.45, 7) is -0.926. The lowest BCUT2D eigenvalue weighted by molar-refractivity contribution is 0.0420. The van der Waals surface area contributed by atoms with Crippen molar-refractivity contribution in [2.45, 2.75) is 17.4 Å². The van der Waals surface area contributed by atoms with Gasteiger partial charge in [0.05, 0.1) is 35.0 Å². The van der Waals surface area contributed by atoms with E-state index in [4.69, 9.17) is 10.4 Å². The molecule has 0 amide bonds. The van der Waals surface area contributed by atoms with Crippen molar-refractivity contribution in [1.82, 2.24) is 14.8 Å². The number of aromatic amines is 1. The maximum atomic E-state index is 14.0. The minimum atomic E-state index is -4.25. The van der Waals surface area contributed by atoms with Crippen LogP contribution in [-0.2, 0) is 10.0 Å². The third-order valence-corrected chi connectivity index (χ3v) is 5.18. The molecule has 0 unspecified atom stereocenters. The number of nitriles is 1. The third kappa shape index (κ3) is 3.34. The minimum absolute atomic E-state index is 0.000844. The fourth-order valence-corrected chi connectivity index (χ4v) is 3.51. The van der Waals surface area contributed by atoms with Crippen LogP contribution in [0.1, 0.15) is 11.6 Å². The summed E-state index contributed by atoms with van der Waals surface area (Å²) in [7, 11) is -4.25. The van der Waals surface area contributed by atoms with Gasteiger partial charge in [-0.25, -0.2) is 21.6 Å². The second-order valence-electron chi connectivity index (χ2n) is 5.51. The molecule has 3 N–H and O–H groups in total. The highest BCUT2D eigenvalue weighted by molar-refractivity contribution is 7.92. The van der Waals surface area contributed by atoms with Gasteiger partial charge in [0, 0.05) is 12.4 Å². The number of aliphatic hydroxyl groups excluding tert-OH is 1. The zero-order chi connectivity index (χ0) is 19.8. The molecule has 0 aliphatic rings. The van der Waals surface area contributed by atoms with Gasteiger partial charge in [-0.05, 0) is 12.1 Å². The normalized spacial score (nSPS) is 13.0.